The largest absolute Gasteiger partial charge is 0.308 e. The van der Waals surface area contributed by atoms with Crippen LogP contribution in [-0.2, 0) is 4.79 Å². The van der Waals surface area contributed by atoms with Crippen LogP contribution in [0.15, 0.2) is 35.9 Å². The lowest BCUT2D eigenvalue weighted by molar-refractivity contribution is -0.119. The Kier molecular flexibility index (Phi) is 6.34. The third-order valence-corrected chi connectivity index (χ3v) is 5.91. The average Bonchev–Trinajstić information content (AvgIpc) is 2.94. The van der Waals surface area contributed by atoms with Gasteiger partial charge in [-0.05, 0) is 50.7 Å². The Balaban J connectivity index is 1.67. The van der Waals surface area contributed by atoms with Gasteiger partial charge in [0.05, 0.1) is 18.4 Å². The van der Waals surface area contributed by atoms with Crippen molar-refractivity contribution < 1.29 is 4.79 Å². The lowest BCUT2D eigenvalue weighted by Gasteiger charge is -2.38. The molecule has 0 saturated carbocycles. The Labute approximate surface area is 163 Å². The fraction of sp³-hybridized carbons (Fsp3) is 0.565. The Morgan fingerprint density at radius 1 is 1.30 bits per heavy atom. The zero-order valence-corrected chi connectivity index (χ0v) is 16.8. The molecule has 0 spiro atoms. The van der Waals surface area contributed by atoms with E-state index in [1.807, 2.05) is 29.2 Å². The van der Waals surface area contributed by atoms with E-state index in [1.54, 1.807) is 0 Å². The first kappa shape index (κ1) is 19.6. The lowest BCUT2D eigenvalue weighted by Crippen LogP contribution is -2.47. The van der Waals surface area contributed by atoms with E-state index in [0.717, 1.165) is 43.7 Å². The van der Waals surface area contributed by atoms with Crippen molar-refractivity contribution in [1.82, 2.24) is 4.90 Å². The Bertz CT molecular complexity index is 736. The standard InChI is InChI=1S/C23H31N3O/c1-4-18(15-17(2)3)16-25-13-10-19(11-14-25)26-22-8-6-5-7-20(22)21(9-12-24)23(26)27/h5-8,15,18-19,21H,4,9-11,13-14,16H2,1-3H3. The molecular formula is C23H31N3O. The lowest BCUT2D eigenvalue weighted by atomic mass is 9.98. The number of anilines is 1. The summed E-state index contributed by atoms with van der Waals surface area (Å²) in [6.45, 7) is 9.77. The fourth-order valence-corrected chi connectivity index (χ4v) is 4.55. The van der Waals surface area contributed by atoms with Gasteiger partial charge in [-0.25, -0.2) is 0 Å². The van der Waals surface area contributed by atoms with Crippen LogP contribution >= 0.6 is 0 Å². The summed E-state index contributed by atoms with van der Waals surface area (Å²) in [5.74, 6) is 0.444. The maximum Gasteiger partial charge on any atom is 0.235 e. The normalized spacial score (nSPS) is 21.6. The first-order chi connectivity index (χ1) is 13.0. The van der Waals surface area contributed by atoms with Gasteiger partial charge >= 0.3 is 0 Å². The summed E-state index contributed by atoms with van der Waals surface area (Å²) in [6.07, 6.45) is 5.83. The molecule has 1 amide bonds. The van der Waals surface area contributed by atoms with Gasteiger partial charge < -0.3 is 9.80 Å². The number of amides is 1. The molecule has 0 N–H and O–H groups in total. The first-order valence-corrected chi connectivity index (χ1v) is 10.2. The van der Waals surface area contributed by atoms with Crippen molar-refractivity contribution in [1.29, 1.82) is 5.26 Å². The molecule has 4 nitrogen and oxygen atoms in total. The molecule has 2 atom stereocenters. The molecule has 27 heavy (non-hydrogen) atoms. The van der Waals surface area contributed by atoms with E-state index >= 15 is 0 Å². The number of allylic oxidation sites excluding steroid dienone is 1. The number of nitriles is 1. The summed E-state index contributed by atoms with van der Waals surface area (Å²) in [4.78, 5) is 17.6. The molecule has 1 aromatic carbocycles. The predicted octanol–water partition coefficient (Wildman–Crippen LogP) is 4.49. The minimum absolute atomic E-state index is 0.118. The van der Waals surface area contributed by atoms with Crippen molar-refractivity contribution in [2.75, 3.05) is 24.5 Å². The van der Waals surface area contributed by atoms with E-state index in [2.05, 4.69) is 37.8 Å². The summed E-state index contributed by atoms with van der Waals surface area (Å²) in [6, 6.07) is 10.5. The average molecular weight is 366 g/mol. The number of hydrogen-bond acceptors (Lipinski definition) is 3. The SMILES string of the molecule is CCC(C=C(C)C)CN1CCC(N2C(=O)C(CC#N)c3ccccc32)CC1. The van der Waals surface area contributed by atoms with Gasteiger partial charge in [0.25, 0.3) is 0 Å². The topological polar surface area (TPSA) is 47.3 Å². The second-order valence-corrected chi connectivity index (χ2v) is 8.13. The number of rotatable bonds is 6. The predicted molar refractivity (Wildman–Crippen MR) is 110 cm³/mol. The van der Waals surface area contributed by atoms with Gasteiger partial charge in [0, 0.05) is 31.4 Å². The van der Waals surface area contributed by atoms with Crippen molar-refractivity contribution in [3.63, 3.8) is 0 Å². The molecule has 3 rings (SSSR count). The minimum atomic E-state index is -0.286. The molecular weight excluding hydrogens is 334 g/mol. The number of carbonyl (C=O) groups excluding carboxylic acids is 1. The van der Waals surface area contributed by atoms with Gasteiger partial charge in [-0.3, -0.25) is 4.79 Å². The molecule has 144 valence electrons. The highest BCUT2D eigenvalue weighted by atomic mass is 16.2. The molecule has 0 aromatic heterocycles. The van der Waals surface area contributed by atoms with Crippen LogP contribution in [0.2, 0.25) is 0 Å². The van der Waals surface area contributed by atoms with Gasteiger partial charge in [0.2, 0.25) is 5.91 Å². The van der Waals surface area contributed by atoms with E-state index in [0.29, 0.717) is 5.92 Å². The van der Waals surface area contributed by atoms with E-state index in [-0.39, 0.29) is 24.3 Å². The number of piperidine rings is 1. The molecule has 1 aromatic rings. The Morgan fingerprint density at radius 3 is 2.63 bits per heavy atom. The summed E-state index contributed by atoms with van der Waals surface area (Å²) in [7, 11) is 0. The number of benzene rings is 1. The molecule has 2 aliphatic heterocycles. The second-order valence-electron chi connectivity index (χ2n) is 8.13. The molecule has 1 saturated heterocycles. The molecule has 1 fully saturated rings. The number of carbonyl (C=O) groups is 1. The Morgan fingerprint density at radius 2 is 2.00 bits per heavy atom. The number of hydrogen-bond donors (Lipinski definition) is 0. The summed E-state index contributed by atoms with van der Waals surface area (Å²) >= 11 is 0. The number of nitrogens with zero attached hydrogens (tertiary/aromatic N) is 3. The van der Waals surface area contributed by atoms with Gasteiger partial charge in [-0.15, -0.1) is 0 Å². The highest BCUT2D eigenvalue weighted by Crippen LogP contribution is 2.41. The first-order valence-electron chi connectivity index (χ1n) is 10.2. The van der Waals surface area contributed by atoms with E-state index in [9.17, 15) is 4.79 Å². The number of para-hydroxylation sites is 1. The van der Waals surface area contributed by atoms with E-state index in [1.165, 1.54) is 12.0 Å². The third-order valence-electron chi connectivity index (χ3n) is 5.91. The monoisotopic (exact) mass is 365 g/mol. The molecule has 0 aliphatic carbocycles. The van der Waals surface area contributed by atoms with Gasteiger partial charge in [0.15, 0.2) is 0 Å². The highest BCUT2D eigenvalue weighted by molar-refractivity contribution is 6.05. The molecule has 0 radical (unpaired) electrons. The fourth-order valence-electron chi connectivity index (χ4n) is 4.55. The van der Waals surface area contributed by atoms with E-state index < -0.39 is 0 Å². The zero-order valence-electron chi connectivity index (χ0n) is 16.8. The van der Waals surface area contributed by atoms with E-state index in [4.69, 9.17) is 5.26 Å². The van der Waals surface area contributed by atoms with Crippen LogP contribution in [0.5, 0.6) is 0 Å². The molecule has 2 unspecified atom stereocenters. The van der Waals surface area contributed by atoms with Gasteiger partial charge in [-0.1, -0.05) is 36.8 Å². The minimum Gasteiger partial charge on any atom is -0.308 e. The van der Waals surface area contributed by atoms with Crippen LogP contribution in [0.1, 0.15) is 57.9 Å². The molecule has 2 heterocycles. The maximum absolute atomic E-state index is 13.0. The quantitative estimate of drug-likeness (QED) is 0.698. The summed E-state index contributed by atoms with van der Waals surface area (Å²) < 4.78 is 0. The van der Waals surface area contributed by atoms with Crippen molar-refractivity contribution in [3.05, 3.63) is 41.5 Å². The van der Waals surface area contributed by atoms with Crippen LogP contribution in [0, 0.1) is 17.2 Å². The summed E-state index contributed by atoms with van der Waals surface area (Å²) in [5, 5.41) is 9.14. The number of likely N-dealkylation sites (tertiary alicyclic amines) is 1. The third kappa shape index (κ3) is 4.25. The smallest absolute Gasteiger partial charge is 0.235 e. The number of fused-ring (bicyclic) bond motifs is 1. The molecule has 0 bridgehead atoms. The highest BCUT2D eigenvalue weighted by Gasteiger charge is 2.41. The van der Waals surface area contributed by atoms with Crippen LogP contribution in [0.4, 0.5) is 5.69 Å². The maximum atomic E-state index is 13.0. The second kappa shape index (κ2) is 8.71. The van der Waals surface area contributed by atoms with Crippen LogP contribution in [0.25, 0.3) is 0 Å². The van der Waals surface area contributed by atoms with Crippen molar-refractivity contribution in [3.8, 4) is 6.07 Å². The molecule has 2 aliphatic rings. The Hall–Kier alpha value is -2.12. The van der Waals surface area contributed by atoms with Crippen LogP contribution in [0.3, 0.4) is 0 Å². The van der Waals surface area contributed by atoms with Crippen molar-refractivity contribution in [2.24, 2.45) is 5.92 Å². The van der Waals surface area contributed by atoms with Gasteiger partial charge in [0.1, 0.15) is 0 Å². The van der Waals surface area contributed by atoms with Gasteiger partial charge in [-0.2, -0.15) is 5.26 Å². The van der Waals surface area contributed by atoms with Crippen molar-refractivity contribution >= 4 is 11.6 Å². The summed E-state index contributed by atoms with van der Waals surface area (Å²) in [5.41, 5.74) is 3.44. The van der Waals surface area contributed by atoms with Crippen molar-refractivity contribution in [2.45, 2.75) is 58.4 Å². The molecule has 4 heteroatoms. The van der Waals surface area contributed by atoms with Crippen LogP contribution in [-0.4, -0.2) is 36.5 Å². The zero-order chi connectivity index (χ0) is 19.4. The van der Waals surface area contributed by atoms with Crippen LogP contribution < -0.4 is 4.90 Å².